The van der Waals surface area contributed by atoms with Crippen molar-refractivity contribution < 1.29 is 18.0 Å². The minimum absolute atomic E-state index is 0.0990. The highest BCUT2D eigenvalue weighted by molar-refractivity contribution is 7.90. The largest absolute Gasteiger partial charge is 0.312 e. The Hall–Kier alpha value is -3.70. The minimum Gasteiger partial charge on any atom is -0.312 e. The summed E-state index contributed by atoms with van der Waals surface area (Å²) in [6.45, 7) is 1.99. The maximum Gasteiger partial charge on any atom is 0.264 e. The molecule has 3 aromatic rings. The van der Waals surface area contributed by atoms with Gasteiger partial charge in [0.1, 0.15) is 5.92 Å². The van der Waals surface area contributed by atoms with Crippen LogP contribution in [0.15, 0.2) is 77.7 Å². The van der Waals surface area contributed by atoms with Crippen molar-refractivity contribution in [2.45, 2.75) is 18.2 Å². The van der Waals surface area contributed by atoms with Crippen LogP contribution >= 0.6 is 0 Å². The van der Waals surface area contributed by atoms with E-state index >= 15 is 0 Å². The SMILES string of the molecule is CCN(C(=O)C(CC#N)C(=O)NS(=O)(=O)c1ccc2ccccc2c1)c1ccccc1. The van der Waals surface area contributed by atoms with Crippen LogP contribution in [0.2, 0.25) is 0 Å². The van der Waals surface area contributed by atoms with E-state index in [9.17, 15) is 18.0 Å². The number of nitrogens with zero attached hydrogens (tertiary/aromatic N) is 2. The summed E-state index contributed by atoms with van der Waals surface area (Å²) in [5.41, 5.74) is 0.558. The van der Waals surface area contributed by atoms with Gasteiger partial charge in [-0.2, -0.15) is 5.26 Å². The van der Waals surface area contributed by atoms with Gasteiger partial charge in [-0.25, -0.2) is 13.1 Å². The van der Waals surface area contributed by atoms with Crippen LogP contribution in [-0.2, 0) is 19.6 Å². The first-order chi connectivity index (χ1) is 14.9. The molecule has 0 aliphatic rings. The highest BCUT2D eigenvalue weighted by atomic mass is 32.2. The van der Waals surface area contributed by atoms with Gasteiger partial charge in [-0.3, -0.25) is 9.59 Å². The summed E-state index contributed by atoms with van der Waals surface area (Å²) in [5.74, 6) is -3.13. The van der Waals surface area contributed by atoms with Crippen molar-refractivity contribution in [2.75, 3.05) is 11.4 Å². The average Bonchev–Trinajstić information content (AvgIpc) is 2.77. The number of hydrogen-bond donors (Lipinski definition) is 1. The molecular formula is C23H21N3O4S. The minimum atomic E-state index is -4.22. The van der Waals surface area contributed by atoms with Gasteiger partial charge in [0.25, 0.3) is 10.0 Å². The molecule has 1 unspecified atom stereocenters. The summed E-state index contributed by atoms with van der Waals surface area (Å²) in [7, 11) is -4.22. The number of amides is 2. The fraction of sp³-hybridized carbons (Fsp3) is 0.174. The van der Waals surface area contributed by atoms with Crippen LogP contribution in [0.1, 0.15) is 13.3 Å². The van der Waals surface area contributed by atoms with Crippen LogP contribution in [0.3, 0.4) is 0 Å². The van der Waals surface area contributed by atoms with Crippen molar-refractivity contribution in [2.24, 2.45) is 5.92 Å². The van der Waals surface area contributed by atoms with Crippen molar-refractivity contribution in [1.82, 2.24) is 4.72 Å². The predicted molar refractivity (Wildman–Crippen MR) is 117 cm³/mol. The molecule has 3 aromatic carbocycles. The third-order valence-corrected chi connectivity index (χ3v) is 6.17. The number of nitrogens with one attached hydrogen (secondary N) is 1. The lowest BCUT2D eigenvalue weighted by Gasteiger charge is -2.25. The third-order valence-electron chi connectivity index (χ3n) is 4.83. The molecule has 0 aliphatic carbocycles. The summed E-state index contributed by atoms with van der Waals surface area (Å²) in [6, 6.07) is 22.2. The molecule has 0 fully saturated rings. The first-order valence-corrected chi connectivity index (χ1v) is 11.1. The lowest BCUT2D eigenvalue weighted by Crippen LogP contribution is -2.45. The quantitative estimate of drug-likeness (QED) is 0.574. The molecule has 31 heavy (non-hydrogen) atoms. The topological polar surface area (TPSA) is 107 Å². The Kier molecular flexibility index (Phi) is 6.68. The lowest BCUT2D eigenvalue weighted by molar-refractivity contribution is -0.132. The number of sulfonamides is 1. The van der Waals surface area contributed by atoms with Crippen LogP contribution in [0.25, 0.3) is 10.8 Å². The van der Waals surface area contributed by atoms with E-state index in [0.29, 0.717) is 11.1 Å². The van der Waals surface area contributed by atoms with Gasteiger partial charge in [-0.1, -0.05) is 48.5 Å². The van der Waals surface area contributed by atoms with Gasteiger partial charge in [0.2, 0.25) is 11.8 Å². The number of carbonyl (C=O) groups excluding carboxylic acids is 2. The third kappa shape index (κ3) is 4.90. The molecule has 8 heteroatoms. The summed E-state index contributed by atoms with van der Waals surface area (Å²) in [4.78, 5) is 27.1. The Morgan fingerprint density at radius 2 is 1.65 bits per heavy atom. The zero-order chi connectivity index (χ0) is 22.4. The van der Waals surface area contributed by atoms with Gasteiger partial charge in [0.05, 0.1) is 17.4 Å². The van der Waals surface area contributed by atoms with Gasteiger partial charge in [-0.15, -0.1) is 0 Å². The summed E-state index contributed by atoms with van der Waals surface area (Å²) >= 11 is 0. The van der Waals surface area contributed by atoms with E-state index in [0.717, 1.165) is 5.39 Å². The van der Waals surface area contributed by atoms with Crippen molar-refractivity contribution in [1.29, 1.82) is 5.26 Å². The summed E-state index contributed by atoms with van der Waals surface area (Å²) in [5, 5.41) is 10.7. The number of benzene rings is 3. The smallest absolute Gasteiger partial charge is 0.264 e. The molecule has 1 atom stereocenters. The molecule has 0 spiro atoms. The zero-order valence-corrected chi connectivity index (χ0v) is 17.7. The summed E-state index contributed by atoms with van der Waals surface area (Å²) < 4.78 is 27.5. The van der Waals surface area contributed by atoms with Crippen LogP contribution in [0.5, 0.6) is 0 Å². The monoisotopic (exact) mass is 435 g/mol. The normalized spacial score (nSPS) is 12.0. The number of nitriles is 1. The first-order valence-electron chi connectivity index (χ1n) is 9.66. The number of hydrogen-bond acceptors (Lipinski definition) is 5. The Morgan fingerprint density at radius 3 is 2.29 bits per heavy atom. The number of anilines is 1. The number of para-hydroxylation sites is 1. The molecular weight excluding hydrogens is 414 g/mol. The Balaban J connectivity index is 1.86. The molecule has 0 saturated carbocycles. The predicted octanol–water partition coefficient (Wildman–Crippen LogP) is 3.23. The number of rotatable bonds is 7. The van der Waals surface area contributed by atoms with Crippen molar-refractivity contribution in [3.05, 3.63) is 72.8 Å². The highest BCUT2D eigenvalue weighted by Gasteiger charge is 2.33. The maximum absolute atomic E-state index is 13.0. The van der Waals surface area contributed by atoms with E-state index in [1.165, 1.54) is 17.0 Å². The van der Waals surface area contributed by atoms with Crippen molar-refractivity contribution in [3.8, 4) is 6.07 Å². The second-order valence-electron chi connectivity index (χ2n) is 6.81. The molecule has 0 aromatic heterocycles. The first kappa shape index (κ1) is 22.0. The van der Waals surface area contributed by atoms with Gasteiger partial charge in [-0.05, 0) is 42.0 Å². The molecule has 0 radical (unpaired) electrons. The molecule has 0 aliphatic heterocycles. The fourth-order valence-electron chi connectivity index (χ4n) is 3.24. The van der Waals surface area contributed by atoms with E-state index in [-0.39, 0.29) is 11.4 Å². The van der Waals surface area contributed by atoms with E-state index in [4.69, 9.17) is 5.26 Å². The van der Waals surface area contributed by atoms with Gasteiger partial charge in [0.15, 0.2) is 0 Å². The molecule has 1 N–H and O–H groups in total. The van der Waals surface area contributed by atoms with Crippen molar-refractivity contribution >= 4 is 38.3 Å². The average molecular weight is 436 g/mol. The van der Waals surface area contributed by atoms with Crippen LogP contribution in [0, 0.1) is 17.2 Å². The van der Waals surface area contributed by atoms with E-state index in [1.54, 1.807) is 61.5 Å². The fourth-order valence-corrected chi connectivity index (χ4v) is 4.30. The molecule has 3 rings (SSSR count). The summed E-state index contributed by atoms with van der Waals surface area (Å²) in [6.07, 6.45) is -0.443. The van der Waals surface area contributed by atoms with E-state index < -0.39 is 34.2 Å². The Morgan fingerprint density at radius 1 is 1.00 bits per heavy atom. The van der Waals surface area contributed by atoms with Gasteiger partial charge in [0, 0.05) is 12.2 Å². The number of fused-ring (bicyclic) bond motifs is 1. The number of carbonyl (C=O) groups is 2. The van der Waals surface area contributed by atoms with E-state index in [2.05, 4.69) is 0 Å². The molecule has 0 heterocycles. The maximum atomic E-state index is 13.0. The van der Waals surface area contributed by atoms with Gasteiger partial charge < -0.3 is 4.90 Å². The molecule has 2 amide bonds. The molecule has 0 bridgehead atoms. The molecule has 7 nitrogen and oxygen atoms in total. The van der Waals surface area contributed by atoms with Crippen LogP contribution in [-0.4, -0.2) is 26.8 Å². The standard InChI is InChI=1S/C23H21N3O4S/c1-2-26(19-10-4-3-5-11-19)23(28)21(14-15-24)22(27)25-31(29,30)20-13-12-17-8-6-7-9-18(17)16-20/h3-13,16,21H,2,14H2,1H3,(H,25,27). The van der Waals surface area contributed by atoms with Crippen LogP contribution < -0.4 is 9.62 Å². The van der Waals surface area contributed by atoms with Gasteiger partial charge >= 0.3 is 0 Å². The lowest BCUT2D eigenvalue weighted by atomic mass is 10.0. The Bertz CT molecular complexity index is 1250. The van der Waals surface area contributed by atoms with E-state index in [1.807, 2.05) is 16.9 Å². The highest BCUT2D eigenvalue weighted by Crippen LogP contribution is 2.21. The molecule has 158 valence electrons. The Labute approximate surface area is 181 Å². The molecule has 0 saturated heterocycles. The van der Waals surface area contributed by atoms with Crippen molar-refractivity contribution in [3.63, 3.8) is 0 Å². The second kappa shape index (κ2) is 9.41. The zero-order valence-electron chi connectivity index (χ0n) is 16.9. The van der Waals surface area contributed by atoms with Crippen LogP contribution in [0.4, 0.5) is 5.69 Å². The second-order valence-corrected chi connectivity index (χ2v) is 8.49.